The van der Waals surface area contributed by atoms with Gasteiger partial charge in [-0.2, -0.15) is 0 Å². The van der Waals surface area contributed by atoms with Crippen LogP contribution in [0, 0.1) is 0 Å². The van der Waals surface area contributed by atoms with Gasteiger partial charge in [-0.1, -0.05) is 139 Å². The Balaban J connectivity index is 1.09. The van der Waals surface area contributed by atoms with Gasteiger partial charge in [-0.3, -0.25) is 0 Å². The molecule has 0 radical (unpaired) electrons. The molecule has 0 aliphatic carbocycles. The average Bonchev–Trinajstić information content (AvgIpc) is 3.62. The minimum atomic E-state index is -3.63. The second-order valence-corrected chi connectivity index (χ2v) is 14.7. The molecule has 0 unspecified atom stereocenters. The van der Waals surface area contributed by atoms with Crippen molar-refractivity contribution < 1.29 is 27.4 Å². The van der Waals surface area contributed by atoms with Gasteiger partial charge in [-0.25, -0.2) is 18.1 Å². The maximum absolute atomic E-state index is 12.7. The first-order valence-corrected chi connectivity index (χ1v) is 18.8. The molecule has 1 aliphatic rings. The Bertz CT molecular complexity index is 2030. The fourth-order valence-electron chi connectivity index (χ4n) is 5.78. The minimum absolute atomic E-state index is 0.0310. The van der Waals surface area contributed by atoms with E-state index in [0.717, 1.165) is 44.8 Å². The van der Waals surface area contributed by atoms with Crippen LogP contribution in [0.15, 0.2) is 154 Å². The number of hydrogen-bond donors (Lipinski definition) is 2. The van der Waals surface area contributed by atoms with E-state index in [4.69, 9.17) is 18.9 Å². The van der Waals surface area contributed by atoms with Crippen LogP contribution in [0.2, 0.25) is 0 Å². The first kappa shape index (κ1) is 33.9. The maximum Gasteiger partial charge on any atom is 0.256 e. The van der Waals surface area contributed by atoms with Gasteiger partial charge in [0.15, 0.2) is 12.1 Å². The molecular weight excluding hydrogens is 669 g/mol. The summed E-state index contributed by atoms with van der Waals surface area (Å²) >= 11 is 1.50. The molecule has 1 fully saturated rings. The van der Waals surface area contributed by atoms with Crippen LogP contribution in [0.3, 0.4) is 0 Å². The summed E-state index contributed by atoms with van der Waals surface area (Å²) in [4.78, 5) is 5.14. The molecule has 10 heteroatoms. The average molecular weight is 705 g/mol. The molecule has 0 amide bonds. The molecule has 2 heterocycles. The molecular formula is C40H36N2O6S2. The molecule has 0 saturated carbocycles. The number of benzene rings is 5. The molecule has 0 bridgehead atoms. The Morgan fingerprint density at radius 2 is 1.32 bits per heavy atom. The van der Waals surface area contributed by atoms with Crippen molar-refractivity contribution in [3.05, 3.63) is 162 Å². The number of thioether (sulfide) groups is 1. The largest absolute Gasteiger partial charge is 0.431 e. The highest BCUT2D eigenvalue weighted by molar-refractivity contribution is 7.99. The molecule has 8 nitrogen and oxygen atoms in total. The number of ether oxygens (including phenoxy) is 2. The Kier molecular flexibility index (Phi) is 10.6. The summed E-state index contributed by atoms with van der Waals surface area (Å²) in [5.41, 5.74) is 6.17. The standard InChI is InChI=1S/C40H36N2O6S2/c43-26-29-18-20-30(21-19-29)36-24-34(27-49-40-42-37(31-10-4-1-5-11-31)38(48-40)32-12-6-2-7-13-32)46-39(47-36)33-22-16-28(17-23-33)25-41-50(44,45)35-14-8-3-9-15-35/h1-23,34,36,39,41,43H,24-27H2/t34-,36+,39+/m0/s1. The number of hydrogen-bond acceptors (Lipinski definition) is 8. The van der Waals surface area contributed by atoms with E-state index in [0.29, 0.717) is 17.4 Å². The van der Waals surface area contributed by atoms with Crippen molar-refractivity contribution in [1.29, 1.82) is 0 Å². The molecule has 2 N–H and O–H groups in total. The zero-order valence-electron chi connectivity index (χ0n) is 27.1. The van der Waals surface area contributed by atoms with Gasteiger partial charge in [-0.15, -0.1) is 0 Å². The van der Waals surface area contributed by atoms with E-state index >= 15 is 0 Å². The predicted octanol–water partition coefficient (Wildman–Crippen LogP) is 8.32. The number of nitrogens with zero attached hydrogens (tertiary/aromatic N) is 1. The van der Waals surface area contributed by atoms with E-state index in [1.54, 1.807) is 30.3 Å². The SMILES string of the molecule is O=S(=O)(NCc1ccc([C@@H]2O[C@H](CSc3nc(-c4ccccc4)c(-c4ccccc4)o3)C[C@H](c3ccc(CO)cc3)O2)cc1)c1ccccc1. The Hall–Kier alpha value is -4.55. The molecule has 50 heavy (non-hydrogen) atoms. The monoisotopic (exact) mass is 704 g/mol. The molecule has 1 aromatic heterocycles. The van der Waals surface area contributed by atoms with Gasteiger partial charge >= 0.3 is 0 Å². The normalized spacial score (nSPS) is 17.8. The van der Waals surface area contributed by atoms with Gasteiger partial charge in [0.25, 0.3) is 5.22 Å². The summed E-state index contributed by atoms with van der Waals surface area (Å²) in [5, 5.41) is 10.1. The van der Waals surface area contributed by atoms with Crippen molar-refractivity contribution in [3.63, 3.8) is 0 Å². The Morgan fingerprint density at radius 3 is 1.98 bits per heavy atom. The summed E-state index contributed by atoms with van der Waals surface area (Å²) < 4.78 is 47.5. The van der Waals surface area contributed by atoms with Gasteiger partial charge in [-0.05, 0) is 28.8 Å². The molecule has 5 aromatic carbocycles. The van der Waals surface area contributed by atoms with Crippen molar-refractivity contribution in [1.82, 2.24) is 9.71 Å². The van der Waals surface area contributed by atoms with Crippen LogP contribution in [-0.2, 0) is 32.6 Å². The van der Waals surface area contributed by atoms with Gasteiger partial charge in [0.2, 0.25) is 10.0 Å². The topological polar surface area (TPSA) is 111 Å². The number of aliphatic hydroxyl groups is 1. The first-order chi connectivity index (χ1) is 24.4. The second-order valence-electron chi connectivity index (χ2n) is 11.9. The molecule has 1 saturated heterocycles. The lowest BCUT2D eigenvalue weighted by Crippen LogP contribution is -2.31. The molecule has 3 atom stereocenters. The first-order valence-electron chi connectivity index (χ1n) is 16.3. The lowest BCUT2D eigenvalue weighted by atomic mass is 10.0. The van der Waals surface area contributed by atoms with E-state index in [1.807, 2.05) is 109 Å². The third kappa shape index (κ3) is 8.08. The number of sulfonamides is 1. The van der Waals surface area contributed by atoms with Crippen LogP contribution in [0.1, 0.15) is 41.1 Å². The third-order valence-corrected chi connectivity index (χ3v) is 10.8. The van der Waals surface area contributed by atoms with Crippen molar-refractivity contribution >= 4 is 21.8 Å². The fourth-order valence-corrected chi connectivity index (χ4v) is 7.66. The fraction of sp³-hybridized carbons (Fsp3) is 0.175. The smallest absolute Gasteiger partial charge is 0.256 e. The number of rotatable bonds is 12. The van der Waals surface area contributed by atoms with Crippen molar-refractivity contribution in [2.24, 2.45) is 0 Å². The van der Waals surface area contributed by atoms with Crippen molar-refractivity contribution in [3.8, 4) is 22.6 Å². The van der Waals surface area contributed by atoms with Crippen molar-refractivity contribution in [2.45, 2.75) is 48.2 Å². The van der Waals surface area contributed by atoms with Crippen LogP contribution < -0.4 is 4.72 Å². The van der Waals surface area contributed by atoms with Gasteiger partial charge in [0.05, 0.1) is 23.7 Å². The highest BCUT2D eigenvalue weighted by Crippen LogP contribution is 2.41. The number of aliphatic hydroxyl groups excluding tert-OH is 1. The van der Waals surface area contributed by atoms with Crippen LogP contribution >= 0.6 is 11.8 Å². The van der Waals surface area contributed by atoms with E-state index < -0.39 is 16.3 Å². The molecule has 254 valence electrons. The Morgan fingerprint density at radius 1 is 0.720 bits per heavy atom. The van der Waals surface area contributed by atoms with Crippen LogP contribution in [0.5, 0.6) is 0 Å². The predicted molar refractivity (Wildman–Crippen MR) is 193 cm³/mol. The highest BCUT2D eigenvalue weighted by atomic mass is 32.2. The Labute approximate surface area is 296 Å². The zero-order chi connectivity index (χ0) is 34.3. The second kappa shape index (κ2) is 15.6. The summed E-state index contributed by atoms with van der Waals surface area (Å²) in [6.45, 7) is 0.117. The molecule has 7 rings (SSSR count). The van der Waals surface area contributed by atoms with Crippen molar-refractivity contribution in [2.75, 3.05) is 5.75 Å². The summed E-state index contributed by atoms with van der Waals surface area (Å²) in [6.07, 6.45) is -0.505. The summed E-state index contributed by atoms with van der Waals surface area (Å²) in [6, 6.07) is 43.7. The maximum atomic E-state index is 12.7. The third-order valence-electron chi connectivity index (χ3n) is 8.47. The lowest BCUT2D eigenvalue weighted by molar-refractivity contribution is -0.245. The van der Waals surface area contributed by atoms with E-state index in [9.17, 15) is 13.5 Å². The quantitative estimate of drug-likeness (QED) is 0.122. The van der Waals surface area contributed by atoms with Gasteiger partial charge in [0.1, 0.15) is 5.69 Å². The zero-order valence-corrected chi connectivity index (χ0v) is 28.7. The van der Waals surface area contributed by atoms with Crippen LogP contribution in [-0.4, -0.2) is 30.4 Å². The number of oxazole rings is 1. The van der Waals surface area contributed by atoms with Crippen LogP contribution in [0.4, 0.5) is 0 Å². The highest BCUT2D eigenvalue weighted by Gasteiger charge is 2.33. The van der Waals surface area contributed by atoms with E-state index in [2.05, 4.69) is 4.72 Å². The van der Waals surface area contributed by atoms with E-state index in [-0.39, 0.29) is 30.3 Å². The van der Waals surface area contributed by atoms with Gasteiger partial charge < -0.3 is 19.0 Å². The lowest BCUT2D eigenvalue weighted by Gasteiger charge is -2.36. The molecule has 1 aliphatic heterocycles. The minimum Gasteiger partial charge on any atom is -0.431 e. The van der Waals surface area contributed by atoms with E-state index in [1.165, 1.54) is 11.8 Å². The summed E-state index contributed by atoms with van der Waals surface area (Å²) in [7, 11) is -3.63. The molecule has 6 aromatic rings. The number of aromatic nitrogens is 1. The molecule has 0 spiro atoms. The van der Waals surface area contributed by atoms with Gasteiger partial charge in [0, 0.05) is 35.4 Å². The van der Waals surface area contributed by atoms with Crippen LogP contribution in [0.25, 0.3) is 22.6 Å². The summed E-state index contributed by atoms with van der Waals surface area (Å²) in [5.74, 6) is 1.30. The number of nitrogens with one attached hydrogen (secondary N) is 1.